The Balaban J connectivity index is 2.75. The summed E-state index contributed by atoms with van der Waals surface area (Å²) >= 11 is 0. The highest BCUT2D eigenvalue weighted by atomic mass is 16.4. The normalized spacial score (nSPS) is 39.3. The zero-order chi connectivity index (χ0) is 10.1. The van der Waals surface area contributed by atoms with Crippen LogP contribution >= 0.6 is 0 Å². The van der Waals surface area contributed by atoms with Gasteiger partial charge in [0, 0.05) is 0 Å². The van der Waals surface area contributed by atoms with Gasteiger partial charge in [-0.3, -0.25) is 4.79 Å². The molecule has 0 heterocycles. The van der Waals surface area contributed by atoms with E-state index in [0.29, 0.717) is 18.4 Å². The van der Waals surface area contributed by atoms with E-state index in [0.717, 1.165) is 12.8 Å². The van der Waals surface area contributed by atoms with E-state index in [1.165, 1.54) is 0 Å². The van der Waals surface area contributed by atoms with Gasteiger partial charge in [0.25, 0.3) is 0 Å². The Morgan fingerprint density at radius 1 is 1.62 bits per heavy atom. The van der Waals surface area contributed by atoms with Gasteiger partial charge in [-0.1, -0.05) is 13.8 Å². The van der Waals surface area contributed by atoms with Crippen molar-refractivity contribution in [2.24, 2.45) is 23.0 Å². The average molecular weight is 185 g/mol. The standard InChI is InChI=1S/C10H19NO2/c1-7-3-4-10(6-11,8(7)2)5-9(12)13/h7-8H,3-6,11H2,1-2H3,(H,12,13)/t7?,8-,10-/m1/s1. The number of aliphatic carboxylic acids is 1. The molecule has 0 aliphatic heterocycles. The molecular formula is C10H19NO2. The molecule has 0 saturated heterocycles. The van der Waals surface area contributed by atoms with Gasteiger partial charge in [-0.2, -0.15) is 0 Å². The lowest BCUT2D eigenvalue weighted by molar-refractivity contribution is -0.140. The maximum absolute atomic E-state index is 10.7. The number of hydrogen-bond donors (Lipinski definition) is 2. The third-order valence-corrected chi connectivity index (χ3v) is 3.83. The zero-order valence-electron chi connectivity index (χ0n) is 8.42. The lowest BCUT2D eigenvalue weighted by Gasteiger charge is -2.32. The van der Waals surface area contributed by atoms with E-state index in [1.54, 1.807) is 0 Å². The third kappa shape index (κ3) is 1.85. The Hall–Kier alpha value is -0.570. The molecule has 3 atom stereocenters. The van der Waals surface area contributed by atoms with Crippen molar-refractivity contribution in [3.63, 3.8) is 0 Å². The van der Waals surface area contributed by atoms with Crippen molar-refractivity contribution >= 4 is 5.97 Å². The SMILES string of the molecule is CC1CC[C@](CN)(CC(=O)O)[C@@H]1C. The smallest absolute Gasteiger partial charge is 0.303 e. The van der Waals surface area contributed by atoms with Gasteiger partial charge >= 0.3 is 5.97 Å². The topological polar surface area (TPSA) is 63.3 Å². The van der Waals surface area contributed by atoms with Crippen LogP contribution in [0.3, 0.4) is 0 Å². The second-order valence-electron chi connectivity index (χ2n) is 4.44. The number of nitrogens with two attached hydrogens (primary N) is 1. The first-order chi connectivity index (χ1) is 6.02. The van der Waals surface area contributed by atoms with Crippen LogP contribution in [-0.2, 0) is 4.79 Å². The lowest BCUT2D eigenvalue weighted by atomic mass is 9.74. The molecular weight excluding hydrogens is 166 g/mol. The van der Waals surface area contributed by atoms with Crippen LogP contribution in [0.15, 0.2) is 0 Å². The summed E-state index contributed by atoms with van der Waals surface area (Å²) in [5.74, 6) is 0.336. The van der Waals surface area contributed by atoms with E-state index in [1.807, 2.05) is 0 Å². The molecule has 1 fully saturated rings. The van der Waals surface area contributed by atoms with Crippen molar-refractivity contribution in [2.75, 3.05) is 6.54 Å². The highest BCUT2D eigenvalue weighted by Gasteiger charge is 2.44. The van der Waals surface area contributed by atoms with Gasteiger partial charge in [0.15, 0.2) is 0 Å². The Bertz CT molecular complexity index is 205. The molecule has 3 heteroatoms. The van der Waals surface area contributed by atoms with E-state index in [9.17, 15) is 4.79 Å². The van der Waals surface area contributed by atoms with Gasteiger partial charge in [-0.05, 0) is 36.6 Å². The van der Waals surface area contributed by atoms with Gasteiger partial charge < -0.3 is 10.8 Å². The zero-order valence-corrected chi connectivity index (χ0v) is 8.42. The van der Waals surface area contributed by atoms with E-state index in [-0.39, 0.29) is 11.8 Å². The highest BCUT2D eigenvalue weighted by Crippen LogP contribution is 2.48. The highest BCUT2D eigenvalue weighted by molar-refractivity contribution is 5.67. The number of hydrogen-bond acceptors (Lipinski definition) is 2. The average Bonchev–Trinajstić information content (AvgIpc) is 2.33. The molecule has 0 aromatic rings. The lowest BCUT2D eigenvalue weighted by Crippen LogP contribution is -2.36. The van der Waals surface area contributed by atoms with Crippen LogP contribution < -0.4 is 5.73 Å². The second-order valence-corrected chi connectivity index (χ2v) is 4.44. The van der Waals surface area contributed by atoms with Crippen molar-refractivity contribution in [1.29, 1.82) is 0 Å². The minimum atomic E-state index is -0.716. The molecule has 13 heavy (non-hydrogen) atoms. The van der Waals surface area contributed by atoms with Crippen LogP contribution in [-0.4, -0.2) is 17.6 Å². The molecule has 0 aromatic carbocycles. The van der Waals surface area contributed by atoms with E-state index >= 15 is 0 Å². The van der Waals surface area contributed by atoms with Crippen molar-refractivity contribution in [3.8, 4) is 0 Å². The molecule has 0 amide bonds. The third-order valence-electron chi connectivity index (χ3n) is 3.83. The molecule has 1 aliphatic rings. The molecule has 1 saturated carbocycles. The summed E-state index contributed by atoms with van der Waals surface area (Å²) in [6, 6.07) is 0. The van der Waals surface area contributed by atoms with Crippen LogP contribution in [0.2, 0.25) is 0 Å². The fraction of sp³-hybridized carbons (Fsp3) is 0.900. The van der Waals surface area contributed by atoms with Crippen molar-refractivity contribution in [3.05, 3.63) is 0 Å². The molecule has 3 nitrogen and oxygen atoms in total. The maximum atomic E-state index is 10.7. The van der Waals surface area contributed by atoms with E-state index in [2.05, 4.69) is 13.8 Å². The predicted molar refractivity (Wildman–Crippen MR) is 51.3 cm³/mol. The Morgan fingerprint density at radius 3 is 2.54 bits per heavy atom. The van der Waals surface area contributed by atoms with Crippen LogP contribution in [0.4, 0.5) is 0 Å². The Morgan fingerprint density at radius 2 is 2.23 bits per heavy atom. The molecule has 3 N–H and O–H groups in total. The molecule has 0 radical (unpaired) electrons. The van der Waals surface area contributed by atoms with Gasteiger partial charge in [-0.25, -0.2) is 0 Å². The van der Waals surface area contributed by atoms with Gasteiger partial charge in [0.05, 0.1) is 6.42 Å². The fourth-order valence-electron chi connectivity index (χ4n) is 2.51. The van der Waals surface area contributed by atoms with Crippen LogP contribution in [0.25, 0.3) is 0 Å². The second kappa shape index (κ2) is 3.66. The van der Waals surface area contributed by atoms with Crippen LogP contribution in [0.1, 0.15) is 33.1 Å². The molecule has 1 rings (SSSR count). The molecule has 1 unspecified atom stereocenters. The first kappa shape index (κ1) is 10.5. The number of carbonyl (C=O) groups is 1. The molecule has 1 aliphatic carbocycles. The first-order valence-electron chi connectivity index (χ1n) is 4.94. The number of carboxylic acids is 1. The fourth-order valence-corrected chi connectivity index (χ4v) is 2.51. The maximum Gasteiger partial charge on any atom is 0.303 e. The summed E-state index contributed by atoms with van der Waals surface area (Å²) in [4.78, 5) is 10.7. The van der Waals surface area contributed by atoms with E-state index < -0.39 is 5.97 Å². The van der Waals surface area contributed by atoms with Crippen molar-refractivity contribution < 1.29 is 9.90 Å². The number of carboxylic acid groups (broad SMARTS) is 1. The van der Waals surface area contributed by atoms with Crippen molar-refractivity contribution in [2.45, 2.75) is 33.1 Å². The minimum Gasteiger partial charge on any atom is -0.481 e. The van der Waals surface area contributed by atoms with Gasteiger partial charge in [0.2, 0.25) is 0 Å². The molecule has 76 valence electrons. The summed E-state index contributed by atoms with van der Waals surface area (Å²) in [7, 11) is 0. The quantitative estimate of drug-likeness (QED) is 0.700. The summed E-state index contributed by atoms with van der Waals surface area (Å²) in [5.41, 5.74) is 5.57. The van der Waals surface area contributed by atoms with Crippen LogP contribution in [0, 0.1) is 17.3 Å². The van der Waals surface area contributed by atoms with Gasteiger partial charge in [0.1, 0.15) is 0 Å². The van der Waals surface area contributed by atoms with E-state index in [4.69, 9.17) is 10.8 Å². The largest absolute Gasteiger partial charge is 0.481 e. The summed E-state index contributed by atoms with van der Waals surface area (Å²) < 4.78 is 0. The van der Waals surface area contributed by atoms with Gasteiger partial charge in [-0.15, -0.1) is 0 Å². The summed E-state index contributed by atoms with van der Waals surface area (Å²) in [6.45, 7) is 4.82. The minimum absolute atomic E-state index is 0.134. The molecule has 0 bridgehead atoms. The summed E-state index contributed by atoms with van der Waals surface area (Å²) in [5, 5.41) is 8.82. The monoisotopic (exact) mass is 185 g/mol. The van der Waals surface area contributed by atoms with Crippen LogP contribution in [0.5, 0.6) is 0 Å². The Labute approximate surface area is 79.3 Å². The van der Waals surface area contributed by atoms with Crippen molar-refractivity contribution in [1.82, 2.24) is 0 Å². The molecule has 0 aromatic heterocycles. The summed E-state index contributed by atoms with van der Waals surface area (Å²) in [6.07, 6.45) is 2.32. The Kier molecular flexibility index (Phi) is 2.96. The number of rotatable bonds is 3. The molecule has 0 spiro atoms. The predicted octanol–water partition coefficient (Wildman–Crippen LogP) is 1.47. The first-order valence-corrected chi connectivity index (χ1v) is 4.94.